The predicted molar refractivity (Wildman–Crippen MR) is 103 cm³/mol. The number of nitrogens with one attached hydrogen (secondary N) is 2. The van der Waals surface area contributed by atoms with Gasteiger partial charge < -0.3 is 14.5 Å². The number of hydrogen-bond acceptors (Lipinski definition) is 4. The highest BCUT2D eigenvalue weighted by Gasteiger charge is 2.43. The second-order valence-electron chi connectivity index (χ2n) is 7.51. The predicted octanol–water partition coefficient (Wildman–Crippen LogP) is 4.52. The molecule has 0 radical (unpaired) electrons. The summed E-state index contributed by atoms with van der Waals surface area (Å²) in [5, 5.41) is 8.90. The number of imidazole rings is 1. The van der Waals surface area contributed by atoms with Gasteiger partial charge in [0.15, 0.2) is 17.4 Å². The maximum atomic E-state index is 14.9. The molecule has 1 amide bonds. The molecule has 3 heterocycles. The monoisotopic (exact) mass is 451 g/mol. The van der Waals surface area contributed by atoms with Crippen LogP contribution in [0, 0.1) is 18.7 Å². The Kier molecular flexibility index (Phi) is 4.36. The SMILES string of the molecule is Cc1c(F)c(OC(F)(F)F)c2[nH]ncc2c1-c1ccc2nc(NC(=O)[C@@H]3C[C@@H]3F)cn2c1. The molecule has 0 aliphatic heterocycles. The van der Waals surface area contributed by atoms with E-state index in [4.69, 9.17) is 0 Å². The van der Waals surface area contributed by atoms with E-state index in [-0.39, 0.29) is 28.7 Å². The number of ether oxygens (including phenoxy) is 1. The number of alkyl halides is 4. The zero-order valence-electron chi connectivity index (χ0n) is 16.3. The minimum Gasteiger partial charge on any atom is -0.400 e. The highest BCUT2D eigenvalue weighted by molar-refractivity contribution is 5.99. The van der Waals surface area contributed by atoms with Crippen molar-refractivity contribution in [2.24, 2.45) is 5.92 Å². The summed E-state index contributed by atoms with van der Waals surface area (Å²) in [6, 6.07) is 3.22. The summed E-state index contributed by atoms with van der Waals surface area (Å²) in [6.45, 7) is 1.34. The molecule has 0 spiro atoms. The van der Waals surface area contributed by atoms with E-state index in [9.17, 15) is 26.7 Å². The Bertz CT molecular complexity index is 1380. The van der Waals surface area contributed by atoms with E-state index in [2.05, 4.69) is 25.2 Å². The van der Waals surface area contributed by atoms with Crippen LogP contribution in [-0.2, 0) is 4.79 Å². The first kappa shape index (κ1) is 20.2. The summed E-state index contributed by atoms with van der Waals surface area (Å²) in [7, 11) is 0. The van der Waals surface area contributed by atoms with Crippen LogP contribution in [0.25, 0.3) is 27.7 Å². The number of hydrogen-bond donors (Lipinski definition) is 2. The first-order valence-electron chi connectivity index (χ1n) is 9.47. The molecule has 166 valence electrons. The third-order valence-corrected chi connectivity index (χ3v) is 5.30. The number of aromatic amines is 1. The van der Waals surface area contributed by atoms with Crippen LogP contribution < -0.4 is 10.1 Å². The fraction of sp³-hybridized carbons (Fsp3) is 0.250. The number of H-pyrrole nitrogens is 1. The van der Waals surface area contributed by atoms with Crippen molar-refractivity contribution in [2.75, 3.05) is 5.32 Å². The topological polar surface area (TPSA) is 84.3 Å². The van der Waals surface area contributed by atoms with Crippen molar-refractivity contribution in [3.05, 3.63) is 42.1 Å². The van der Waals surface area contributed by atoms with Crippen molar-refractivity contribution in [3.8, 4) is 16.9 Å². The van der Waals surface area contributed by atoms with E-state index in [0.29, 0.717) is 16.8 Å². The number of anilines is 1. The number of nitrogens with zero attached hydrogens (tertiary/aromatic N) is 3. The molecule has 32 heavy (non-hydrogen) atoms. The molecule has 0 bridgehead atoms. The lowest BCUT2D eigenvalue weighted by Gasteiger charge is -2.15. The lowest BCUT2D eigenvalue weighted by atomic mass is 9.97. The third kappa shape index (κ3) is 3.41. The van der Waals surface area contributed by atoms with E-state index < -0.39 is 35.9 Å². The van der Waals surface area contributed by atoms with Crippen LogP contribution >= 0.6 is 0 Å². The smallest absolute Gasteiger partial charge is 0.400 e. The van der Waals surface area contributed by atoms with Crippen molar-refractivity contribution >= 4 is 28.3 Å². The molecule has 1 fully saturated rings. The lowest BCUT2D eigenvalue weighted by Crippen LogP contribution is -2.18. The fourth-order valence-electron chi connectivity index (χ4n) is 3.68. The van der Waals surface area contributed by atoms with Gasteiger partial charge in [0.1, 0.15) is 17.3 Å². The zero-order chi connectivity index (χ0) is 22.8. The lowest BCUT2D eigenvalue weighted by molar-refractivity contribution is -0.275. The molecular weight excluding hydrogens is 437 g/mol. The minimum atomic E-state index is -5.08. The Balaban J connectivity index is 1.57. The summed E-state index contributed by atoms with van der Waals surface area (Å²) in [6.07, 6.45) is -1.66. The molecule has 4 aromatic rings. The van der Waals surface area contributed by atoms with E-state index in [0.717, 1.165) is 0 Å². The number of aromatic nitrogens is 4. The molecule has 5 rings (SSSR count). The van der Waals surface area contributed by atoms with Crippen LogP contribution in [0.4, 0.5) is 27.8 Å². The fourth-order valence-corrected chi connectivity index (χ4v) is 3.68. The molecule has 1 saturated carbocycles. The molecule has 1 aromatic carbocycles. The molecule has 12 heteroatoms. The van der Waals surface area contributed by atoms with Gasteiger partial charge in [-0.1, -0.05) is 0 Å². The quantitative estimate of drug-likeness (QED) is 0.447. The largest absolute Gasteiger partial charge is 0.573 e. The van der Waals surface area contributed by atoms with Gasteiger partial charge in [-0.25, -0.2) is 13.8 Å². The molecule has 2 atom stereocenters. The van der Waals surface area contributed by atoms with Crippen molar-refractivity contribution in [1.82, 2.24) is 19.6 Å². The van der Waals surface area contributed by atoms with Crippen molar-refractivity contribution in [2.45, 2.75) is 25.9 Å². The molecule has 2 N–H and O–H groups in total. The summed E-state index contributed by atoms with van der Waals surface area (Å²) < 4.78 is 71.7. The van der Waals surface area contributed by atoms with E-state index in [1.165, 1.54) is 19.3 Å². The van der Waals surface area contributed by atoms with Crippen LogP contribution in [0.15, 0.2) is 30.7 Å². The van der Waals surface area contributed by atoms with E-state index >= 15 is 0 Å². The van der Waals surface area contributed by atoms with Gasteiger partial charge in [-0.05, 0) is 36.6 Å². The zero-order valence-corrected chi connectivity index (χ0v) is 16.3. The number of pyridine rings is 1. The normalized spacial score (nSPS) is 18.3. The van der Waals surface area contributed by atoms with E-state index in [1.54, 1.807) is 22.7 Å². The number of benzene rings is 1. The van der Waals surface area contributed by atoms with Crippen molar-refractivity contribution in [1.29, 1.82) is 0 Å². The third-order valence-electron chi connectivity index (χ3n) is 5.30. The number of carbonyl (C=O) groups is 1. The Morgan fingerprint density at radius 1 is 1.31 bits per heavy atom. The summed E-state index contributed by atoms with van der Waals surface area (Å²) >= 11 is 0. The summed E-state index contributed by atoms with van der Waals surface area (Å²) in [5.41, 5.74) is 0.953. The average molecular weight is 451 g/mol. The molecule has 1 aliphatic carbocycles. The van der Waals surface area contributed by atoms with E-state index in [1.807, 2.05) is 0 Å². The minimum absolute atomic E-state index is 0.0612. The van der Waals surface area contributed by atoms with Crippen LogP contribution in [-0.4, -0.2) is 38.0 Å². The molecule has 0 saturated heterocycles. The molecule has 1 aliphatic rings. The van der Waals surface area contributed by atoms with Gasteiger partial charge in [0, 0.05) is 17.1 Å². The number of fused-ring (bicyclic) bond motifs is 2. The Morgan fingerprint density at radius 3 is 2.75 bits per heavy atom. The number of carbonyl (C=O) groups excluding carboxylic acids is 1. The number of halogens is 5. The Morgan fingerprint density at radius 2 is 2.06 bits per heavy atom. The molecule has 7 nitrogen and oxygen atoms in total. The van der Waals surface area contributed by atoms with Crippen molar-refractivity contribution < 1.29 is 31.5 Å². The second-order valence-corrected chi connectivity index (χ2v) is 7.51. The molecule has 3 aromatic heterocycles. The maximum absolute atomic E-state index is 14.9. The average Bonchev–Trinajstić information content (AvgIpc) is 3.10. The van der Waals surface area contributed by atoms with Crippen LogP contribution in [0.3, 0.4) is 0 Å². The van der Waals surface area contributed by atoms with Gasteiger partial charge in [0.2, 0.25) is 5.91 Å². The number of rotatable bonds is 4. The first-order valence-corrected chi connectivity index (χ1v) is 9.47. The maximum Gasteiger partial charge on any atom is 0.573 e. The van der Waals surface area contributed by atoms with Crippen LogP contribution in [0.5, 0.6) is 5.75 Å². The highest BCUT2D eigenvalue weighted by Crippen LogP contribution is 2.41. The van der Waals surface area contributed by atoms with Gasteiger partial charge in [-0.3, -0.25) is 9.89 Å². The van der Waals surface area contributed by atoms with Gasteiger partial charge in [0.25, 0.3) is 0 Å². The standard InChI is InChI=1S/C20H14F5N5O2/c1-8-15(11-5-26-29-17(11)18(16(8)22)32-20(23,24)25)9-2-3-14-27-13(7-30(14)6-9)28-19(31)10-4-12(10)21/h2-3,5-7,10,12H,4H2,1H3,(H,26,29)(H,28,31)/t10-,12+/m1/s1. The van der Waals surface area contributed by atoms with Crippen molar-refractivity contribution in [3.63, 3.8) is 0 Å². The molecular formula is C20H14F5N5O2. The van der Waals surface area contributed by atoms with Gasteiger partial charge in [-0.15, -0.1) is 13.2 Å². The summed E-state index contributed by atoms with van der Waals surface area (Å²) in [5.74, 6) is -3.06. The highest BCUT2D eigenvalue weighted by atomic mass is 19.4. The van der Waals surface area contributed by atoms with Gasteiger partial charge in [-0.2, -0.15) is 5.10 Å². The first-order chi connectivity index (χ1) is 15.1. The number of amides is 1. The van der Waals surface area contributed by atoms with Crippen LogP contribution in [0.2, 0.25) is 0 Å². The Labute approximate surface area is 176 Å². The van der Waals surface area contributed by atoms with Gasteiger partial charge in [0.05, 0.1) is 18.3 Å². The Hall–Kier alpha value is -3.70. The summed E-state index contributed by atoms with van der Waals surface area (Å²) in [4.78, 5) is 16.2. The van der Waals surface area contributed by atoms with Gasteiger partial charge >= 0.3 is 6.36 Å². The van der Waals surface area contributed by atoms with Crippen LogP contribution in [0.1, 0.15) is 12.0 Å². The second kappa shape index (κ2) is 6.90. The molecule has 0 unspecified atom stereocenters.